The van der Waals surface area contributed by atoms with Crippen LogP contribution in [-0.2, 0) is 4.79 Å². The van der Waals surface area contributed by atoms with Gasteiger partial charge in [-0.1, -0.05) is 0 Å². The van der Waals surface area contributed by atoms with Gasteiger partial charge in [0.05, 0.1) is 77.7 Å². The van der Waals surface area contributed by atoms with E-state index in [1.165, 1.54) is 0 Å². The van der Waals surface area contributed by atoms with Crippen LogP contribution in [0, 0.1) is 0 Å². The number of rotatable bonds is 12. The molecule has 0 aliphatic rings. The zero-order chi connectivity index (χ0) is 30.8. The van der Waals surface area contributed by atoms with Crippen molar-refractivity contribution in [3.05, 3.63) is 0 Å². The molecular formula is C18H48N2O15S2. The molecule has 232 valence electrons. The van der Waals surface area contributed by atoms with Crippen molar-refractivity contribution in [2.24, 2.45) is 11.5 Å². The summed E-state index contributed by atoms with van der Waals surface area (Å²) in [4.78, 5) is 9.52. The van der Waals surface area contributed by atoms with E-state index in [1.54, 1.807) is 0 Å². The molecule has 0 radical (unpaired) electrons. The fraction of sp³-hybridized carbons (Fsp3) is 0.944. The van der Waals surface area contributed by atoms with Gasteiger partial charge in [0, 0.05) is 17.5 Å². The van der Waals surface area contributed by atoms with E-state index < -0.39 is 43.0 Å². The zero-order valence-electron chi connectivity index (χ0n) is 20.5. The number of hydrogen-bond acceptors (Lipinski definition) is 18. The summed E-state index contributed by atoms with van der Waals surface area (Å²) in [5, 5.41) is 112. The average molecular weight is 597 g/mol. The molecule has 0 aliphatic carbocycles. The molecule has 17 nitrogen and oxygen atoms in total. The molecule has 0 aromatic rings. The third kappa shape index (κ3) is 61.3. The first kappa shape index (κ1) is 49.5. The fourth-order valence-electron chi connectivity index (χ4n) is 0.384. The van der Waals surface area contributed by atoms with Crippen LogP contribution in [0.3, 0.4) is 0 Å². The number of nitrogens with two attached hydrogens (primary N) is 2. The Hall–Kier alpha value is -0.430. The summed E-state index contributed by atoms with van der Waals surface area (Å²) in [7, 11) is 0. The Bertz CT molecular complexity index is 332. The highest BCUT2D eigenvalue weighted by molar-refractivity contribution is 7.81. The van der Waals surface area contributed by atoms with Gasteiger partial charge in [-0.3, -0.25) is 0 Å². The Kier molecular flexibility index (Phi) is 57.1. The predicted octanol–water partition coefficient (Wildman–Crippen LogP) is -8.11. The zero-order valence-corrected chi connectivity index (χ0v) is 22.2. The molecule has 0 rings (SSSR count). The van der Waals surface area contributed by atoms with Gasteiger partial charge in [-0.25, -0.2) is 4.79 Å². The van der Waals surface area contributed by atoms with Crippen LogP contribution in [-0.4, -0.2) is 185 Å². The van der Waals surface area contributed by atoms with Gasteiger partial charge in [0.25, 0.3) is 0 Å². The highest BCUT2D eigenvalue weighted by atomic mass is 32.1. The Morgan fingerprint density at radius 2 is 0.973 bits per heavy atom. The van der Waals surface area contributed by atoms with Crippen LogP contribution in [0.1, 0.15) is 0 Å². The first-order chi connectivity index (χ1) is 17.2. The molecule has 0 aromatic heterocycles. The molecule has 0 fully saturated rings. The maximum absolute atomic E-state index is 9.52. The molecule has 19 heteroatoms. The molecule has 0 saturated carbocycles. The van der Waals surface area contributed by atoms with E-state index in [-0.39, 0.29) is 64.6 Å². The Morgan fingerprint density at radius 1 is 0.622 bits per heavy atom. The number of carbonyl (C=O) groups is 1. The first-order valence-corrected chi connectivity index (χ1v) is 11.6. The van der Waals surface area contributed by atoms with Crippen molar-refractivity contribution in [2.45, 2.75) is 35.7 Å². The summed E-state index contributed by atoms with van der Waals surface area (Å²) >= 11 is 7.42. The summed E-state index contributed by atoms with van der Waals surface area (Å²) in [6.45, 7) is -2.15. The van der Waals surface area contributed by atoms with Crippen LogP contribution in [0.2, 0.25) is 0 Å². The van der Waals surface area contributed by atoms with Crippen molar-refractivity contribution < 1.29 is 76.3 Å². The van der Waals surface area contributed by atoms with Crippen molar-refractivity contribution in [3.8, 4) is 0 Å². The Morgan fingerprint density at radius 3 is 0.973 bits per heavy atom. The first-order valence-electron chi connectivity index (χ1n) is 10.4. The molecule has 18 N–H and O–H groups in total. The highest BCUT2D eigenvalue weighted by Crippen LogP contribution is 1.87. The van der Waals surface area contributed by atoms with Crippen LogP contribution in [0.4, 0.5) is 0 Å². The summed E-state index contributed by atoms with van der Waals surface area (Å²) in [5.74, 6) is -1.07. The third-order valence-electron chi connectivity index (χ3n) is 2.67. The topological polar surface area (TPSA) is 352 Å². The molecule has 0 aromatic carbocycles. The lowest BCUT2D eigenvalue weighted by Gasteiger charge is -1.98. The smallest absolute Gasteiger partial charge is 0.334 e. The predicted molar refractivity (Wildman–Crippen MR) is 139 cm³/mol. The van der Waals surface area contributed by atoms with Gasteiger partial charge in [0.2, 0.25) is 0 Å². The number of aliphatic carboxylic acids is 1. The molecule has 0 aliphatic heterocycles. The van der Waals surface area contributed by atoms with Crippen molar-refractivity contribution >= 4 is 31.2 Å². The number of carboxylic acid groups (broad SMARTS) is 1. The quantitative estimate of drug-likeness (QED) is 0.0929. The second kappa shape index (κ2) is 42.7. The van der Waals surface area contributed by atoms with Crippen LogP contribution in [0.15, 0.2) is 0 Å². The number of aliphatic hydroxyl groups excluding tert-OH is 13. The van der Waals surface area contributed by atoms with Gasteiger partial charge in [0.1, 0.15) is 6.10 Å². The second-order valence-corrected chi connectivity index (χ2v) is 7.39. The van der Waals surface area contributed by atoms with E-state index in [4.69, 9.17) is 83.0 Å². The third-order valence-corrected chi connectivity index (χ3v) is 3.42. The Labute approximate surface area is 226 Å². The summed E-state index contributed by atoms with van der Waals surface area (Å²) < 4.78 is 0. The van der Waals surface area contributed by atoms with Gasteiger partial charge in [-0.05, 0) is 0 Å². The van der Waals surface area contributed by atoms with E-state index in [9.17, 15) is 4.79 Å². The standard InChI is InChI=1S/2C3H9NO2.C3H6O4.C3H8O3.2C3H8O2S/c4-3(1-5)2-6;4-1-3(6)2-5;4-1-2(5)3(6)7;4-1-3(6)2-5;4-1-3(5)2-6;4-1-3(6)2-5/h2*3,5-6H,1-2,4H2;2,4-5H,1H2,(H,6,7);3*3-6H,1-2H2. The van der Waals surface area contributed by atoms with Crippen molar-refractivity contribution in [2.75, 3.05) is 71.8 Å². The lowest BCUT2D eigenvalue weighted by molar-refractivity contribution is -0.148. The van der Waals surface area contributed by atoms with Crippen LogP contribution in [0.25, 0.3) is 0 Å². The van der Waals surface area contributed by atoms with E-state index in [0.717, 1.165) is 0 Å². The molecule has 0 spiro atoms. The van der Waals surface area contributed by atoms with Gasteiger partial charge in [-0.15, -0.1) is 0 Å². The highest BCUT2D eigenvalue weighted by Gasteiger charge is 2.09. The van der Waals surface area contributed by atoms with Gasteiger partial charge >= 0.3 is 5.97 Å². The molecule has 0 bridgehead atoms. The summed E-state index contributed by atoms with van der Waals surface area (Å²) in [6.07, 6.45) is -3.96. The summed E-state index contributed by atoms with van der Waals surface area (Å²) in [5.41, 5.74) is 9.84. The van der Waals surface area contributed by atoms with E-state index in [1.807, 2.05) is 0 Å². The van der Waals surface area contributed by atoms with Crippen molar-refractivity contribution in [1.29, 1.82) is 0 Å². The average Bonchev–Trinajstić information content (AvgIpc) is 2.95. The molecule has 3 unspecified atom stereocenters. The van der Waals surface area contributed by atoms with Crippen LogP contribution >= 0.6 is 25.3 Å². The number of carboxylic acids is 1. The second-order valence-electron chi connectivity index (χ2n) is 6.29. The molecule has 0 saturated heterocycles. The molecular weight excluding hydrogens is 548 g/mol. The largest absolute Gasteiger partial charge is 0.479 e. The monoisotopic (exact) mass is 596 g/mol. The molecule has 3 atom stereocenters. The van der Waals surface area contributed by atoms with Crippen molar-refractivity contribution in [3.63, 3.8) is 0 Å². The number of aliphatic hydroxyl groups is 13. The minimum atomic E-state index is -1.63. The van der Waals surface area contributed by atoms with Crippen LogP contribution in [0.5, 0.6) is 0 Å². The Balaban J connectivity index is -0.0000000780. The summed E-state index contributed by atoms with van der Waals surface area (Å²) in [6, 6.07) is -0.454. The molecule has 0 heterocycles. The van der Waals surface area contributed by atoms with Crippen molar-refractivity contribution in [1.82, 2.24) is 0 Å². The fourth-order valence-corrected chi connectivity index (χ4v) is 0.499. The minimum absolute atomic E-state index is 0.0559. The van der Waals surface area contributed by atoms with E-state index in [2.05, 4.69) is 25.3 Å². The SMILES string of the molecule is NC(CO)CO.NCC(O)CO.O=C(O)C(O)CO.OCC(O)CO.OCC(O)CS.OCC(S)CO. The van der Waals surface area contributed by atoms with Gasteiger partial charge in [-0.2, -0.15) is 25.3 Å². The van der Waals surface area contributed by atoms with Gasteiger partial charge < -0.3 is 83.0 Å². The number of hydrogen-bond donors (Lipinski definition) is 18. The normalized spacial score (nSPS) is 12.1. The van der Waals surface area contributed by atoms with E-state index >= 15 is 0 Å². The lowest BCUT2D eigenvalue weighted by atomic mass is 10.4. The van der Waals surface area contributed by atoms with Gasteiger partial charge in [0.15, 0.2) is 6.10 Å². The maximum Gasteiger partial charge on any atom is 0.334 e. The lowest BCUT2D eigenvalue weighted by Crippen LogP contribution is -2.27. The minimum Gasteiger partial charge on any atom is -0.479 e. The molecule has 0 amide bonds. The number of thiol groups is 2. The van der Waals surface area contributed by atoms with Crippen LogP contribution < -0.4 is 11.5 Å². The molecule has 37 heavy (non-hydrogen) atoms. The maximum atomic E-state index is 9.52. The van der Waals surface area contributed by atoms with E-state index in [0.29, 0.717) is 5.75 Å².